The summed E-state index contributed by atoms with van der Waals surface area (Å²) in [6.45, 7) is 6.39. The van der Waals surface area contributed by atoms with E-state index >= 15 is 0 Å². The monoisotopic (exact) mass is 382 g/mol. The molecule has 1 aromatic rings. The van der Waals surface area contributed by atoms with E-state index in [9.17, 15) is 14.7 Å². The quantitative estimate of drug-likeness (QED) is 0.818. The summed E-state index contributed by atoms with van der Waals surface area (Å²) >= 11 is 6.17. The van der Waals surface area contributed by atoms with Gasteiger partial charge >= 0.3 is 0 Å². The number of nitrogens with zero attached hydrogens (tertiary/aromatic N) is 1. The van der Waals surface area contributed by atoms with E-state index in [4.69, 9.17) is 16.3 Å². The lowest BCUT2D eigenvalue weighted by molar-refractivity contribution is -0.132. The Kier molecular flexibility index (Phi) is 6.89. The number of hydrogen-bond donors (Lipinski definition) is 2. The Bertz CT molecular complexity index is 656. The minimum atomic E-state index is -0.982. The topological polar surface area (TPSA) is 78.9 Å². The van der Waals surface area contributed by atoms with Gasteiger partial charge in [0.25, 0.3) is 0 Å². The predicted octanol–water partition coefficient (Wildman–Crippen LogP) is 2.22. The zero-order valence-corrected chi connectivity index (χ0v) is 16.4. The normalized spacial score (nSPS) is 20.4. The molecular formula is C19H27ClN2O4. The molecule has 0 radical (unpaired) electrons. The number of amides is 2. The molecule has 0 saturated carbocycles. The van der Waals surface area contributed by atoms with Crippen LogP contribution < -0.4 is 10.1 Å². The van der Waals surface area contributed by atoms with Crippen LogP contribution in [-0.4, -0.2) is 53.7 Å². The number of aliphatic hydroxyl groups is 1. The van der Waals surface area contributed by atoms with Crippen LogP contribution in [0.25, 0.3) is 0 Å². The molecular weight excluding hydrogens is 356 g/mol. The van der Waals surface area contributed by atoms with E-state index in [0.717, 1.165) is 16.1 Å². The molecule has 0 bridgehead atoms. The molecule has 0 aromatic heterocycles. The Balaban J connectivity index is 1.92. The van der Waals surface area contributed by atoms with Gasteiger partial charge in [-0.3, -0.25) is 9.59 Å². The third-order valence-corrected chi connectivity index (χ3v) is 5.27. The van der Waals surface area contributed by atoms with Crippen molar-refractivity contribution < 1.29 is 19.4 Å². The number of carbonyl (C=O) groups is 2. The number of likely N-dealkylation sites (tertiary alicyclic amines) is 1. The van der Waals surface area contributed by atoms with Gasteiger partial charge in [-0.1, -0.05) is 11.6 Å². The van der Waals surface area contributed by atoms with Crippen molar-refractivity contribution in [1.29, 1.82) is 0 Å². The Morgan fingerprint density at radius 2 is 1.92 bits per heavy atom. The maximum atomic E-state index is 12.1. The average molecular weight is 383 g/mol. The molecule has 1 aliphatic rings. The lowest BCUT2D eigenvalue weighted by Crippen LogP contribution is -2.41. The number of nitrogens with one attached hydrogen (secondary N) is 1. The summed E-state index contributed by atoms with van der Waals surface area (Å²) < 4.78 is 5.83. The van der Waals surface area contributed by atoms with E-state index in [0.29, 0.717) is 38.1 Å². The highest BCUT2D eigenvalue weighted by atomic mass is 35.5. The first kappa shape index (κ1) is 20.5. The van der Waals surface area contributed by atoms with E-state index < -0.39 is 5.60 Å². The third-order valence-electron chi connectivity index (χ3n) is 4.68. The van der Waals surface area contributed by atoms with Crippen molar-refractivity contribution in [1.82, 2.24) is 10.2 Å². The Morgan fingerprint density at radius 1 is 1.27 bits per heavy atom. The SMILES string of the molecule is CC(=O)NCC(=O)N1CCCC(O)(COc2cc(C)c(Cl)c(C)c2)CC1. The van der Waals surface area contributed by atoms with Crippen molar-refractivity contribution in [3.8, 4) is 5.75 Å². The summed E-state index contributed by atoms with van der Waals surface area (Å²) in [4.78, 5) is 24.8. The van der Waals surface area contributed by atoms with Gasteiger partial charge < -0.3 is 20.1 Å². The van der Waals surface area contributed by atoms with Crippen molar-refractivity contribution in [2.45, 2.75) is 45.6 Å². The van der Waals surface area contributed by atoms with E-state index in [2.05, 4.69) is 5.32 Å². The van der Waals surface area contributed by atoms with Crippen LogP contribution in [0.1, 0.15) is 37.3 Å². The molecule has 2 amide bonds. The molecule has 7 heteroatoms. The van der Waals surface area contributed by atoms with Gasteiger partial charge in [-0.2, -0.15) is 0 Å². The Labute approximate surface area is 159 Å². The standard InChI is InChI=1S/C19H27ClN2O4/c1-13-9-16(10-14(2)18(13)20)26-12-19(25)5-4-7-22(8-6-19)17(24)11-21-15(3)23/h9-10,25H,4-8,11-12H2,1-3H3,(H,21,23). The van der Waals surface area contributed by atoms with Crippen LogP contribution in [0.15, 0.2) is 12.1 Å². The van der Waals surface area contributed by atoms with E-state index in [-0.39, 0.29) is 25.0 Å². The Morgan fingerprint density at radius 3 is 2.54 bits per heavy atom. The van der Waals surface area contributed by atoms with Crippen LogP contribution in [0.4, 0.5) is 0 Å². The van der Waals surface area contributed by atoms with E-state index in [1.54, 1.807) is 4.90 Å². The van der Waals surface area contributed by atoms with Gasteiger partial charge in [0.1, 0.15) is 18.0 Å². The number of carbonyl (C=O) groups excluding carboxylic acids is 2. The summed E-state index contributed by atoms with van der Waals surface area (Å²) in [5, 5.41) is 14.1. The highest BCUT2D eigenvalue weighted by Gasteiger charge is 2.32. The van der Waals surface area contributed by atoms with Crippen molar-refractivity contribution in [3.63, 3.8) is 0 Å². The molecule has 1 atom stereocenters. The maximum Gasteiger partial charge on any atom is 0.241 e. The number of hydrogen-bond acceptors (Lipinski definition) is 4. The number of ether oxygens (including phenoxy) is 1. The zero-order valence-electron chi connectivity index (χ0n) is 15.6. The van der Waals surface area contributed by atoms with Crippen molar-refractivity contribution in [2.75, 3.05) is 26.2 Å². The third kappa shape index (κ3) is 5.61. The number of halogens is 1. The minimum absolute atomic E-state index is 0.00636. The lowest BCUT2D eigenvalue weighted by atomic mass is 9.96. The molecule has 0 aliphatic carbocycles. The molecule has 1 heterocycles. The van der Waals surface area contributed by atoms with Crippen LogP contribution >= 0.6 is 11.6 Å². The summed E-state index contributed by atoms with van der Waals surface area (Å²) in [6, 6.07) is 3.72. The molecule has 1 aromatic carbocycles. The second kappa shape index (κ2) is 8.73. The fourth-order valence-electron chi connectivity index (χ4n) is 3.09. The van der Waals surface area contributed by atoms with Crippen LogP contribution in [0.5, 0.6) is 5.75 Å². The molecule has 144 valence electrons. The maximum absolute atomic E-state index is 12.1. The first-order chi connectivity index (χ1) is 12.2. The molecule has 1 fully saturated rings. The highest BCUT2D eigenvalue weighted by molar-refractivity contribution is 6.32. The molecule has 1 aliphatic heterocycles. The Hall–Kier alpha value is -1.79. The predicted molar refractivity (Wildman–Crippen MR) is 100 cm³/mol. The smallest absolute Gasteiger partial charge is 0.241 e. The summed E-state index contributed by atoms with van der Waals surface area (Å²) in [6.07, 6.45) is 1.68. The molecule has 2 rings (SSSR count). The second-order valence-electron chi connectivity index (χ2n) is 7.03. The van der Waals surface area contributed by atoms with Crippen molar-refractivity contribution >= 4 is 23.4 Å². The zero-order chi connectivity index (χ0) is 19.3. The van der Waals surface area contributed by atoms with Crippen molar-refractivity contribution in [2.24, 2.45) is 0 Å². The van der Waals surface area contributed by atoms with Gasteiger partial charge in [0.15, 0.2) is 0 Å². The lowest BCUT2D eigenvalue weighted by Gasteiger charge is -2.27. The molecule has 2 N–H and O–H groups in total. The van der Waals surface area contributed by atoms with Gasteiger partial charge in [-0.05, 0) is 56.4 Å². The fourth-order valence-corrected chi connectivity index (χ4v) is 3.20. The van der Waals surface area contributed by atoms with Gasteiger partial charge in [0.2, 0.25) is 11.8 Å². The molecule has 1 saturated heterocycles. The first-order valence-electron chi connectivity index (χ1n) is 8.84. The molecule has 26 heavy (non-hydrogen) atoms. The fraction of sp³-hybridized carbons (Fsp3) is 0.579. The first-order valence-corrected chi connectivity index (χ1v) is 9.22. The van der Waals surface area contributed by atoms with Gasteiger partial charge in [-0.25, -0.2) is 0 Å². The number of rotatable bonds is 5. The van der Waals surface area contributed by atoms with Crippen LogP contribution in [-0.2, 0) is 9.59 Å². The molecule has 0 spiro atoms. The minimum Gasteiger partial charge on any atom is -0.491 e. The average Bonchev–Trinajstić information content (AvgIpc) is 2.78. The van der Waals surface area contributed by atoms with Crippen molar-refractivity contribution in [3.05, 3.63) is 28.3 Å². The molecule has 1 unspecified atom stereocenters. The summed E-state index contributed by atoms with van der Waals surface area (Å²) in [5.74, 6) is 0.321. The van der Waals surface area contributed by atoms with Gasteiger partial charge in [0, 0.05) is 25.0 Å². The van der Waals surface area contributed by atoms with Gasteiger partial charge in [-0.15, -0.1) is 0 Å². The summed E-state index contributed by atoms with van der Waals surface area (Å²) in [7, 11) is 0. The van der Waals surface area contributed by atoms with E-state index in [1.165, 1.54) is 6.92 Å². The van der Waals surface area contributed by atoms with Crippen LogP contribution in [0.3, 0.4) is 0 Å². The number of benzene rings is 1. The second-order valence-corrected chi connectivity index (χ2v) is 7.41. The van der Waals surface area contributed by atoms with Gasteiger partial charge in [0.05, 0.1) is 6.54 Å². The van der Waals surface area contributed by atoms with Crippen LogP contribution in [0, 0.1) is 13.8 Å². The van der Waals surface area contributed by atoms with E-state index in [1.807, 2.05) is 26.0 Å². The highest BCUT2D eigenvalue weighted by Crippen LogP contribution is 2.28. The summed E-state index contributed by atoms with van der Waals surface area (Å²) in [5.41, 5.74) is 0.887. The van der Waals surface area contributed by atoms with Crippen LogP contribution in [0.2, 0.25) is 5.02 Å². The molecule has 6 nitrogen and oxygen atoms in total. The number of aryl methyl sites for hydroxylation is 2. The largest absolute Gasteiger partial charge is 0.491 e.